The Labute approximate surface area is 78.4 Å². The van der Waals surface area contributed by atoms with Crippen molar-refractivity contribution in [3.8, 4) is 5.88 Å². The Morgan fingerprint density at radius 2 is 2.46 bits per heavy atom. The van der Waals surface area contributed by atoms with Gasteiger partial charge in [-0.2, -0.15) is 0 Å². The second kappa shape index (κ2) is 5.19. The third kappa shape index (κ3) is 3.15. The van der Waals surface area contributed by atoms with Crippen LogP contribution in [-0.4, -0.2) is 18.6 Å². The van der Waals surface area contributed by atoms with Gasteiger partial charge in [-0.05, 0) is 12.5 Å². The summed E-state index contributed by atoms with van der Waals surface area (Å²) in [6.07, 6.45) is 4.58. The molecule has 0 saturated carbocycles. The van der Waals surface area contributed by atoms with Gasteiger partial charge in [0.15, 0.2) is 0 Å². The Morgan fingerprint density at radius 3 is 3.00 bits per heavy atom. The molecule has 1 rings (SSSR count). The van der Waals surface area contributed by atoms with Gasteiger partial charge in [0.1, 0.15) is 0 Å². The van der Waals surface area contributed by atoms with Crippen molar-refractivity contribution in [3.05, 3.63) is 31.0 Å². The zero-order valence-electron chi connectivity index (χ0n) is 7.79. The second-order valence-electron chi connectivity index (χ2n) is 2.59. The van der Waals surface area contributed by atoms with Crippen LogP contribution in [0.4, 0.5) is 5.69 Å². The van der Waals surface area contributed by atoms with Crippen LogP contribution >= 0.6 is 0 Å². The smallest absolute Gasteiger partial charge is 0.213 e. The molecule has 0 aliphatic heterocycles. The lowest BCUT2D eigenvalue weighted by Gasteiger charge is -2.04. The summed E-state index contributed by atoms with van der Waals surface area (Å²) in [6.45, 7) is 4.53. The molecular formula is C10H14N2O. The van der Waals surface area contributed by atoms with Crippen molar-refractivity contribution in [2.45, 2.75) is 6.42 Å². The minimum atomic E-state index is 0.634. The van der Waals surface area contributed by atoms with Crippen molar-refractivity contribution >= 4 is 5.69 Å². The van der Waals surface area contributed by atoms with Crippen LogP contribution in [0.5, 0.6) is 5.88 Å². The van der Waals surface area contributed by atoms with E-state index in [1.54, 1.807) is 13.3 Å². The van der Waals surface area contributed by atoms with Gasteiger partial charge in [0.2, 0.25) is 5.88 Å². The van der Waals surface area contributed by atoms with E-state index in [0.717, 1.165) is 18.7 Å². The summed E-state index contributed by atoms with van der Waals surface area (Å²) in [5, 5.41) is 3.21. The molecule has 0 radical (unpaired) electrons. The quantitative estimate of drug-likeness (QED) is 0.553. The number of nitrogens with one attached hydrogen (secondary N) is 1. The van der Waals surface area contributed by atoms with Crippen molar-refractivity contribution in [2.75, 3.05) is 19.0 Å². The third-order valence-corrected chi connectivity index (χ3v) is 1.62. The summed E-state index contributed by atoms with van der Waals surface area (Å²) >= 11 is 0. The first-order valence-corrected chi connectivity index (χ1v) is 4.21. The van der Waals surface area contributed by atoms with Crippen LogP contribution in [0.25, 0.3) is 0 Å². The maximum absolute atomic E-state index is 4.94. The molecule has 3 nitrogen and oxygen atoms in total. The molecule has 1 heterocycles. The van der Waals surface area contributed by atoms with Crippen LogP contribution in [0.2, 0.25) is 0 Å². The van der Waals surface area contributed by atoms with Crippen LogP contribution in [0.3, 0.4) is 0 Å². The Balaban J connectivity index is 2.44. The Kier molecular flexibility index (Phi) is 3.82. The van der Waals surface area contributed by atoms with Gasteiger partial charge in [-0.3, -0.25) is 0 Å². The van der Waals surface area contributed by atoms with Crippen LogP contribution in [0.1, 0.15) is 6.42 Å². The molecule has 0 spiro atoms. The number of rotatable bonds is 5. The van der Waals surface area contributed by atoms with Crippen LogP contribution in [0.15, 0.2) is 31.0 Å². The SMILES string of the molecule is C=CCCNc1ccc(OC)nc1. The summed E-state index contributed by atoms with van der Waals surface area (Å²) in [7, 11) is 1.60. The summed E-state index contributed by atoms with van der Waals surface area (Å²) in [4.78, 5) is 4.07. The van der Waals surface area contributed by atoms with E-state index in [-0.39, 0.29) is 0 Å². The van der Waals surface area contributed by atoms with Gasteiger partial charge in [0.05, 0.1) is 19.0 Å². The lowest BCUT2D eigenvalue weighted by atomic mass is 10.3. The first kappa shape index (κ1) is 9.58. The average molecular weight is 178 g/mol. The lowest BCUT2D eigenvalue weighted by molar-refractivity contribution is 0.398. The highest BCUT2D eigenvalue weighted by Crippen LogP contribution is 2.10. The first-order valence-electron chi connectivity index (χ1n) is 4.21. The minimum Gasteiger partial charge on any atom is -0.481 e. The van der Waals surface area contributed by atoms with Gasteiger partial charge in [-0.1, -0.05) is 6.08 Å². The van der Waals surface area contributed by atoms with E-state index in [1.807, 2.05) is 18.2 Å². The third-order valence-electron chi connectivity index (χ3n) is 1.62. The molecule has 70 valence electrons. The molecular weight excluding hydrogens is 164 g/mol. The van der Waals surface area contributed by atoms with Gasteiger partial charge in [0.25, 0.3) is 0 Å². The molecule has 1 N–H and O–H groups in total. The largest absolute Gasteiger partial charge is 0.481 e. The first-order chi connectivity index (χ1) is 6.36. The Hall–Kier alpha value is -1.51. The van der Waals surface area contributed by atoms with Crippen LogP contribution in [0, 0.1) is 0 Å². The second-order valence-corrected chi connectivity index (χ2v) is 2.59. The standard InChI is InChI=1S/C10H14N2O/c1-3-4-7-11-9-5-6-10(13-2)12-8-9/h3,5-6,8,11H,1,4,7H2,2H3. The van der Waals surface area contributed by atoms with Crippen LogP contribution in [-0.2, 0) is 0 Å². The predicted molar refractivity (Wildman–Crippen MR) is 54.1 cm³/mol. The fourth-order valence-corrected chi connectivity index (χ4v) is 0.924. The summed E-state index contributed by atoms with van der Waals surface area (Å²) in [5.41, 5.74) is 1.00. The maximum Gasteiger partial charge on any atom is 0.213 e. The Bertz CT molecular complexity index is 256. The molecule has 0 aromatic carbocycles. The average Bonchev–Trinajstić information content (AvgIpc) is 2.19. The molecule has 1 aromatic heterocycles. The van der Waals surface area contributed by atoms with E-state index in [2.05, 4.69) is 16.9 Å². The Morgan fingerprint density at radius 1 is 1.62 bits per heavy atom. The molecule has 3 heteroatoms. The normalized spacial score (nSPS) is 9.31. The summed E-state index contributed by atoms with van der Waals surface area (Å²) in [6, 6.07) is 3.77. The molecule has 1 aromatic rings. The van der Waals surface area contributed by atoms with Crippen LogP contribution < -0.4 is 10.1 Å². The fraction of sp³-hybridized carbons (Fsp3) is 0.300. The molecule has 0 saturated heterocycles. The highest BCUT2D eigenvalue weighted by Gasteiger charge is 1.92. The monoisotopic (exact) mass is 178 g/mol. The number of aromatic nitrogens is 1. The lowest BCUT2D eigenvalue weighted by Crippen LogP contribution is -2.00. The predicted octanol–water partition coefficient (Wildman–Crippen LogP) is 2.08. The van der Waals surface area contributed by atoms with Gasteiger partial charge < -0.3 is 10.1 Å². The molecule has 0 atom stereocenters. The zero-order chi connectivity index (χ0) is 9.52. The molecule has 0 unspecified atom stereocenters. The molecule has 0 amide bonds. The minimum absolute atomic E-state index is 0.634. The van der Waals surface area contributed by atoms with Crippen molar-refractivity contribution in [1.82, 2.24) is 4.98 Å². The molecule has 0 bridgehead atoms. The number of anilines is 1. The highest BCUT2D eigenvalue weighted by atomic mass is 16.5. The number of nitrogens with zero attached hydrogens (tertiary/aromatic N) is 1. The van der Waals surface area contributed by atoms with Crippen molar-refractivity contribution in [3.63, 3.8) is 0 Å². The molecule has 0 aliphatic rings. The van der Waals surface area contributed by atoms with Gasteiger partial charge in [-0.25, -0.2) is 4.98 Å². The molecule has 0 aliphatic carbocycles. The van der Waals surface area contributed by atoms with Gasteiger partial charge in [-0.15, -0.1) is 6.58 Å². The number of pyridine rings is 1. The van der Waals surface area contributed by atoms with Crippen molar-refractivity contribution in [1.29, 1.82) is 0 Å². The number of ether oxygens (including phenoxy) is 1. The summed E-state index contributed by atoms with van der Waals surface area (Å²) < 4.78 is 4.94. The van der Waals surface area contributed by atoms with Crippen molar-refractivity contribution in [2.24, 2.45) is 0 Å². The molecule has 13 heavy (non-hydrogen) atoms. The number of hydrogen-bond donors (Lipinski definition) is 1. The van der Waals surface area contributed by atoms with E-state index < -0.39 is 0 Å². The van der Waals surface area contributed by atoms with E-state index in [0.29, 0.717) is 5.88 Å². The van der Waals surface area contributed by atoms with E-state index in [4.69, 9.17) is 4.74 Å². The number of methoxy groups -OCH3 is 1. The van der Waals surface area contributed by atoms with E-state index >= 15 is 0 Å². The summed E-state index contributed by atoms with van der Waals surface area (Å²) in [5.74, 6) is 0.634. The number of hydrogen-bond acceptors (Lipinski definition) is 3. The van der Waals surface area contributed by atoms with E-state index in [1.165, 1.54) is 0 Å². The topological polar surface area (TPSA) is 34.1 Å². The molecule has 0 fully saturated rings. The van der Waals surface area contributed by atoms with E-state index in [9.17, 15) is 0 Å². The van der Waals surface area contributed by atoms with Crippen molar-refractivity contribution < 1.29 is 4.74 Å². The zero-order valence-corrected chi connectivity index (χ0v) is 7.79. The fourth-order valence-electron chi connectivity index (χ4n) is 0.924. The highest BCUT2D eigenvalue weighted by molar-refractivity contribution is 5.41. The van der Waals surface area contributed by atoms with Gasteiger partial charge in [0, 0.05) is 12.6 Å². The van der Waals surface area contributed by atoms with Gasteiger partial charge >= 0.3 is 0 Å². The maximum atomic E-state index is 4.94.